The fourth-order valence-electron chi connectivity index (χ4n) is 1.54. The molecule has 0 aromatic heterocycles. The van der Waals surface area contributed by atoms with Gasteiger partial charge in [-0.2, -0.15) is 0 Å². The van der Waals surface area contributed by atoms with Crippen LogP contribution in [0.4, 0.5) is 0 Å². The Morgan fingerprint density at radius 1 is 1.20 bits per heavy atom. The number of hydrogen-bond donors (Lipinski definition) is 1. The Morgan fingerprint density at radius 2 is 1.85 bits per heavy atom. The van der Waals surface area contributed by atoms with Gasteiger partial charge in [-0.25, -0.2) is 0 Å². The molecule has 0 unspecified atom stereocenters. The molecule has 1 rings (SSSR count). The van der Waals surface area contributed by atoms with Crippen molar-refractivity contribution in [1.29, 1.82) is 0 Å². The minimum absolute atomic E-state index is 0.00408. The Morgan fingerprint density at radius 3 is 2.50 bits per heavy atom. The molecule has 0 aliphatic carbocycles. The lowest BCUT2D eigenvalue weighted by Gasteiger charge is -2.03. The SMILES string of the molecule is CC(C)CNC(=O)C=CCCC=Cc1ccc(Br)cc1. The number of carbonyl (C=O) groups is 1. The van der Waals surface area contributed by atoms with Crippen molar-refractivity contribution < 1.29 is 4.79 Å². The first-order valence-electron chi connectivity index (χ1n) is 6.94. The van der Waals surface area contributed by atoms with Crippen molar-refractivity contribution in [2.75, 3.05) is 6.54 Å². The highest BCUT2D eigenvalue weighted by Gasteiger charge is 1.96. The maximum atomic E-state index is 11.4. The molecule has 0 atom stereocenters. The minimum atomic E-state index is -0.00408. The number of rotatable bonds is 7. The predicted molar refractivity (Wildman–Crippen MR) is 89.4 cm³/mol. The van der Waals surface area contributed by atoms with E-state index in [2.05, 4.69) is 59.4 Å². The van der Waals surface area contributed by atoms with Crippen molar-refractivity contribution in [2.24, 2.45) is 5.92 Å². The summed E-state index contributed by atoms with van der Waals surface area (Å²) >= 11 is 3.41. The molecule has 1 amide bonds. The Labute approximate surface area is 130 Å². The van der Waals surface area contributed by atoms with Gasteiger partial charge in [0.25, 0.3) is 0 Å². The normalized spacial score (nSPS) is 11.6. The number of halogens is 1. The zero-order chi connectivity index (χ0) is 14.8. The topological polar surface area (TPSA) is 29.1 Å². The minimum Gasteiger partial charge on any atom is -0.352 e. The van der Waals surface area contributed by atoms with Crippen LogP contribution in [0.15, 0.2) is 47.0 Å². The van der Waals surface area contributed by atoms with Crippen molar-refractivity contribution in [3.63, 3.8) is 0 Å². The smallest absolute Gasteiger partial charge is 0.243 e. The van der Waals surface area contributed by atoms with Crippen LogP contribution < -0.4 is 5.32 Å². The van der Waals surface area contributed by atoms with Crippen LogP contribution in [-0.4, -0.2) is 12.5 Å². The van der Waals surface area contributed by atoms with Crippen molar-refractivity contribution in [3.8, 4) is 0 Å². The molecule has 2 nitrogen and oxygen atoms in total. The fourth-order valence-corrected chi connectivity index (χ4v) is 1.80. The number of amides is 1. The number of benzene rings is 1. The first-order chi connectivity index (χ1) is 9.58. The van der Waals surface area contributed by atoms with Crippen LogP contribution in [-0.2, 0) is 4.79 Å². The Kier molecular flexibility index (Phi) is 7.97. The van der Waals surface area contributed by atoms with Gasteiger partial charge in [0.05, 0.1) is 0 Å². The summed E-state index contributed by atoms with van der Waals surface area (Å²) in [5.74, 6) is 0.483. The fraction of sp³-hybridized carbons (Fsp3) is 0.353. The van der Waals surface area contributed by atoms with Crippen LogP contribution in [0, 0.1) is 5.92 Å². The van der Waals surface area contributed by atoms with E-state index in [-0.39, 0.29) is 5.91 Å². The highest BCUT2D eigenvalue weighted by atomic mass is 79.9. The lowest BCUT2D eigenvalue weighted by Crippen LogP contribution is -2.25. The summed E-state index contributed by atoms with van der Waals surface area (Å²) in [7, 11) is 0. The van der Waals surface area contributed by atoms with Gasteiger partial charge in [0.2, 0.25) is 5.91 Å². The second-order valence-corrected chi connectivity index (χ2v) is 5.99. The molecule has 108 valence electrons. The highest BCUT2D eigenvalue weighted by molar-refractivity contribution is 9.10. The zero-order valence-corrected chi connectivity index (χ0v) is 13.7. The third-order valence-electron chi connectivity index (χ3n) is 2.63. The number of carbonyl (C=O) groups excluding carboxylic acids is 1. The predicted octanol–water partition coefficient (Wildman–Crippen LogP) is 4.57. The van der Waals surface area contributed by atoms with Gasteiger partial charge in [0.15, 0.2) is 0 Å². The van der Waals surface area contributed by atoms with Crippen molar-refractivity contribution in [1.82, 2.24) is 5.32 Å². The largest absolute Gasteiger partial charge is 0.352 e. The van der Waals surface area contributed by atoms with Gasteiger partial charge in [-0.3, -0.25) is 4.79 Å². The van der Waals surface area contributed by atoms with Gasteiger partial charge in [-0.15, -0.1) is 0 Å². The number of allylic oxidation sites excluding steroid dienone is 2. The van der Waals surface area contributed by atoms with Crippen LogP contribution in [0.1, 0.15) is 32.3 Å². The number of hydrogen-bond acceptors (Lipinski definition) is 1. The molecule has 0 aliphatic heterocycles. The molecule has 1 N–H and O–H groups in total. The Bertz CT molecular complexity index is 460. The molecule has 3 heteroatoms. The molecule has 0 fully saturated rings. The standard InChI is InChI=1S/C17H22BrNO/c1-14(2)13-19-17(20)8-6-4-3-5-7-15-9-11-16(18)12-10-15/h5-12,14H,3-4,13H2,1-2H3,(H,19,20). The maximum absolute atomic E-state index is 11.4. The van der Waals surface area contributed by atoms with E-state index in [1.54, 1.807) is 6.08 Å². The molecule has 0 bridgehead atoms. The van der Waals surface area contributed by atoms with Crippen LogP contribution in [0.3, 0.4) is 0 Å². The van der Waals surface area contributed by atoms with Gasteiger partial charge in [0.1, 0.15) is 0 Å². The van der Waals surface area contributed by atoms with Crippen molar-refractivity contribution >= 4 is 27.9 Å². The second kappa shape index (κ2) is 9.54. The van der Waals surface area contributed by atoms with Gasteiger partial charge in [-0.05, 0) is 42.5 Å². The molecule has 0 saturated carbocycles. The van der Waals surface area contributed by atoms with Gasteiger partial charge >= 0.3 is 0 Å². The summed E-state index contributed by atoms with van der Waals surface area (Å²) in [4.78, 5) is 11.4. The van der Waals surface area contributed by atoms with Gasteiger partial charge in [-0.1, -0.05) is 60.1 Å². The van der Waals surface area contributed by atoms with E-state index < -0.39 is 0 Å². The molecule has 1 aromatic rings. The summed E-state index contributed by atoms with van der Waals surface area (Å²) in [6, 6.07) is 8.18. The zero-order valence-electron chi connectivity index (χ0n) is 12.1. The lowest BCUT2D eigenvalue weighted by atomic mass is 10.2. The second-order valence-electron chi connectivity index (χ2n) is 5.07. The molecule has 1 aromatic carbocycles. The monoisotopic (exact) mass is 335 g/mol. The quantitative estimate of drug-likeness (QED) is 0.573. The summed E-state index contributed by atoms with van der Waals surface area (Å²) in [5.41, 5.74) is 1.19. The number of unbranched alkanes of at least 4 members (excludes halogenated alkanes) is 1. The molecular weight excluding hydrogens is 314 g/mol. The van der Waals surface area contributed by atoms with Gasteiger partial charge in [0, 0.05) is 11.0 Å². The average Bonchev–Trinajstić information content (AvgIpc) is 2.42. The molecule has 0 radical (unpaired) electrons. The average molecular weight is 336 g/mol. The number of nitrogens with one attached hydrogen (secondary N) is 1. The summed E-state index contributed by atoms with van der Waals surface area (Å²) < 4.78 is 1.09. The van der Waals surface area contributed by atoms with Crippen LogP contribution in [0.5, 0.6) is 0 Å². The lowest BCUT2D eigenvalue weighted by molar-refractivity contribution is -0.116. The highest BCUT2D eigenvalue weighted by Crippen LogP contribution is 2.11. The summed E-state index contributed by atoms with van der Waals surface area (Å²) in [6.07, 6.45) is 9.57. The van der Waals surface area contributed by atoms with Crippen LogP contribution in [0.25, 0.3) is 6.08 Å². The van der Waals surface area contributed by atoms with E-state index in [4.69, 9.17) is 0 Å². The van der Waals surface area contributed by atoms with Crippen molar-refractivity contribution in [2.45, 2.75) is 26.7 Å². The summed E-state index contributed by atoms with van der Waals surface area (Å²) in [6.45, 7) is 4.89. The van der Waals surface area contributed by atoms with E-state index in [0.29, 0.717) is 5.92 Å². The Hall–Kier alpha value is -1.35. The molecule has 0 heterocycles. The molecule has 0 aliphatic rings. The van der Waals surface area contributed by atoms with E-state index in [1.807, 2.05) is 18.2 Å². The van der Waals surface area contributed by atoms with E-state index in [1.165, 1.54) is 5.56 Å². The Balaban J connectivity index is 2.21. The summed E-state index contributed by atoms with van der Waals surface area (Å²) in [5, 5.41) is 2.86. The van der Waals surface area contributed by atoms with E-state index in [9.17, 15) is 4.79 Å². The first-order valence-corrected chi connectivity index (χ1v) is 7.73. The van der Waals surface area contributed by atoms with E-state index >= 15 is 0 Å². The maximum Gasteiger partial charge on any atom is 0.243 e. The van der Waals surface area contributed by atoms with Gasteiger partial charge < -0.3 is 5.32 Å². The third-order valence-corrected chi connectivity index (χ3v) is 3.16. The van der Waals surface area contributed by atoms with Crippen LogP contribution in [0.2, 0.25) is 0 Å². The first kappa shape index (κ1) is 16.7. The molecule has 0 saturated heterocycles. The van der Waals surface area contributed by atoms with Crippen molar-refractivity contribution in [3.05, 3.63) is 52.5 Å². The van der Waals surface area contributed by atoms with E-state index in [0.717, 1.165) is 23.9 Å². The van der Waals surface area contributed by atoms with Crippen LogP contribution >= 0.6 is 15.9 Å². The molecule has 20 heavy (non-hydrogen) atoms. The molecule has 0 spiro atoms. The molecular formula is C17H22BrNO. The third kappa shape index (κ3) is 7.95.